The van der Waals surface area contributed by atoms with Crippen LogP contribution in [-0.4, -0.2) is 34.1 Å². The summed E-state index contributed by atoms with van der Waals surface area (Å²) in [5, 5.41) is 1.12. The molecule has 0 radical (unpaired) electrons. The Labute approximate surface area is 149 Å². The van der Waals surface area contributed by atoms with E-state index in [1.807, 2.05) is 23.1 Å². The van der Waals surface area contributed by atoms with Gasteiger partial charge >= 0.3 is 0 Å². The molecule has 3 nitrogen and oxygen atoms in total. The number of hydrogen-bond donors (Lipinski definition) is 0. The van der Waals surface area contributed by atoms with Gasteiger partial charge in [0.2, 0.25) is 5.91 Å². The number of rotatable bonds is 5. The number of carbonyl (C=O) groups is 1. The second kappa shape index (κ2) is 7.19. The van der Waals surface area contributed by atoms with Crippen LogP contribution in [0.5, 0.6) is 0 Å². The first-order valence-corrected chi connectivity index (χ1v) is 9.45. The highest BCUT2D eigenvalue weighted by Crippen LogP contribution is 2.40. The van der Waals surface area contributed by atoms with Gasteiger partial charge in [0.05, 0.1) is 12.5 Å². The lowest BCUT2D eigenvalue weighted by Gasteiger charge is -2.35. The molecule has 0 spiro atoms. The van der Waals surface area contributed by atoms with Crippen LogP contribution in [0.1, 0.15) is 57.7 Å². The van der Waals surface area contributed by atoms with Crippen LogP contribution in [0.2, 0.25) is 0 Å². The summed E-state index contributed by atoms with van der Waals surface area (Å²) in [4.78, 5) is 15.4. The number of alkyl halides is 1. The van der Waals surface area contributed by atoms with Crippen molar-refractivity contribution >= 4 is 16.8 Å². The van der Waals surface area contributed by atoms with E-state index in [0.717, 1.165) is 41.4 Å². The summed E-state index contributed by atoms with van der Waals surface area (Å²) in [6.07, 6.45) is 2.79. The molecule has 2 aromatic rings. The summed E-state index contributed by atoms with van der Waals surface area (Å²) in [5.41, 5.74) is 3.37. The Balaban J connectivity index is 2.13. The van der Waals surface area contributed by atoms with E-state index in [-0.39, 0.29) is 30.6 Å². The monoisotopic (exact) mass is 343 g/mol. The molecule has 1 heterocycles. The molecule has 0 saturated carbocycles. The molecule has 0 saturated heterocycles. The summed E-state index contributed by atoms with van der Waals surface area (Å²) < 4.78 is 15.3. The van der Waals surface area contributed by atoms with Gasteiger partial charge < -0.3 is 9.47 Å². The number of halogens is 1. The maximum Gasteiger partial charge on any atom is 0.230 e. The largest absolute Gasteiger partial charge is 0.342 e. The molecule has 136 valence electrons. The molecule has 1 aromatic heterocycles. The SMILES string of the molecule is CC(C)N(C(=O)C1CCCc2c1c1ccccc1n2CC[18F])C(C)C. The zero-order valence-corrected chi connectivity index (χ0v) is 15.8. The lowest BCUT2D eigenvalue weighted by Crippen LogP contribution is -2.45. The highest BCUT2D eigenvalue weighted by molar-refractivity contribution is 5.94. The van der Waals surface area contributed by atoms with E-state index in [2.05, 4.69) is 38.3 Å². The molecule has 1 atom stereocenters. The average Bonchev–Trinajstić information content (AvgIpc) is 2.89. The Morgan fingerprint density at radius 3 is 2.56 bits per heavy atom. The molecule has 1 aliphatic carbocycles. The van der Waals surface area contributed by atoms with Crippen molar-refractivity contribution in [3.05, 3.63) is 35.5 Å². The Bertz CT molecular complexity index is 755. The quantitative estimate of drug-likeness (QED) is 0.774. The van der Waals surface area contributed by atoms with Gasteiger partial charge in [-0.15, -0.1) is 0 Å². The van der Waals surface area contributed by atoms with E-state index in [4.69, 9.17) is 0 Å². The smallest absolute Gasteiger partial charge is 0.230 e. The highest BCUT2D eigenvalue weighted by Gasteiger charge is 2.35. The van der Waals surface area contributed by atoms with Gasteiger partial charge in [-0.25, -0.2) is 4.39 Å². The predicted molar refractivity (Wildman–Crippen MR) is 101 cm³/mol. The maximum atomic E-state index is 13.4. The Morgan fingerprint density at radius 2 is 1.92 bits per heavy atom. The van der Waals surface area contributed by atoms with Crippen molar-refractivity contribution in [3.8, 4) is 0 Å². The van der Waals surface area contributed by atoms with Crippen LogP contribution in [0, 0.1) is 0 Å². The standard InChI is InChI=1S/C21H29FN2O/c1-14(2)24(15(3)4)21(25)17-9-7-11-19-20(17)16-8-5-6-10-18(16)23(19)13-12-22/h5-6,8,10,14-15,17H,7,9,11-13H2,1-4H3/i22-1. The number of carbonyl (C=O) groups excluding carboxylic acids is 1. The first-order chi connectivity index (χ1) is 12.0. The Hall–Kier alpha value is -1.84. The molecule has 0 fully saturated rings. The normalized spacial score (nSPS) is 17.3. The average molecular weight is 343 g/mol. The van der Waals surface area contributed by atoms with Crippen LogP contribution in [0.15, 0.2) is 24.3 Å². The number of amides is 1. The number of fused-ring (bicyclic) bond motifs is 3. The number of para-hydroxylation sites is 1. The molecule has 1 unspecified atom stereocenters. The molecule has 1 aliphatic rings. The van der Waals surface area contributed by atoms with Gasteiger partial charge in [0.25, 0.3) is 0 Å². The van der Waals surface area contributed by atoms with Gasteiger partial charge in [-0.1, -0.05) is 18.2 Å². The third-order valence-electron chi connectivity index (χ3n) is 5.35. The Morgan fingerprint density at radius 1 is 1.24 bits per heavy atom. The van der Waals surface area contributed by atoms with Crippen molar-refractivity contribution in [3.63, 3.8) is 0 Å². The minimum Gasteiger partial charge on any atom is -0.342 e. The number of benzene rings is 1. The predicted octanol–water partition coefficient (Wildman–Crippen LogP) is 4.68. The molecule has 4 heteroatoms. The second-order valence-corrected chi connectivity index (χ2v) is 7.60. The van der Waals surface area contributed by atoms with Crippen LogP contribution in [0.4, 0.5) is 4.39 Å². The van der Waals surface area contributed by atoms with E-state index < -0.39 is 0 Å². The summed E-state index contributed by atoms with van der Waals surface area (Å²) in [6.45, 7) is 8.30. The molecule has 3 rings (SSSR count). The summed E-state index contributed by atoms with van der Waals surface area (Å²) in [5.74, 6) is 0.105. The molecule has 0 aliphatic heterocycles. The fourth-order valence-corrected chi connectivity index (χ4v) is 4.53. The van der Waals surface area contributed by atoms with Crippen molar-refractivity contribution in [1.82, 2.24) is 9.47 Å². The fourth-order valence-electron chi connectivity index (χ4n) is 4.53. The van der Waals surface area contributed by atoms with Gasteiger partial charge in [0.15, 0.2) is 0 Å². The van der Waals surface area contributed by atoms with Crippen molar-refractivity contribution in [2.24, 2.45) is 0 Å². The molecular weight excluding hydrogens is 314 g/mol. The summed E-state index contributed by atoms with van der Waals surface area (Å²) >= 11 is 0. The molecule has 1 amide bonds. The molecular formula is C21H29FN2O. The molecule has 25 heavy (non-hydrogen) atoms. The zero-order chi connectivity index (χ0) is 18.1. The van der Waals surface area contributed by atoms with Crippen LogP contribution in [-0.2, 0) is 17.8 Å². The first-order valence-electron chi connectivity index (χ1n) is 9.45. The lowest BCUT2D eigenvalue weighted by molar-refractivity contribution is -0.136. The number of aryl methyl sites for hydroxylation is 1. The minimum absolute atomic E-state index is 0.112. The fraction of sp³-hybridized carbons (Fsp3) is 0.571. The van der Waals surface area contributed by atoms with Gasteiger partial charge in [0.1, 0.15) is 6.67 Å². The van der Waals surface area contributed by atoms with Gasteiger partial charge in [-0.3, -0.25) is 4.79 Å². The zero-order valence-electron chi connectivity index (χ0n) is 15.8. The van der Waals surface area contributed by atoms with Gasteiger partial charge in [-0.2, -0.15) is 0 Å². The second-order valence-electron chi connectivity index (χ2n) is 7.60. The minimum atomic E-state index is -0.381. The molecule has 0 bridgehead atoms. The van der Waals surface area contributed by atoms with Gasteiger partial charge in [-0.05, 0) is 58.6 Å². The van der Waals surface area contributed by atoms with E-state index >= 15 is 0 Å². The highest BCUT2D eigenvalue weighted by atomic mass is 18.2. The van der Waals surface area contributed by atoms with Crippen LogP contribution >= 0.6 is 0 Å². The van der Waals surface area contributed by atoms with Crippen molar-refractivity contribution in [2.75, 3.05) is 6.67 Å². The molecule has 1 aromatic carbocycles. The van der Waals surface area contributed by atoms with E-state index in [9.17, 15) is 9.18 Å². The number of nitrogens with zero attached hydrogens (tertiary/aromatic N) is 2. The third kappa shape index (κ3) is 3.07. The van der Waals surface area contributed by atoms with Gasteiger partial charge in [0, 0.05) is 28.7 Å². The number of aromatic nitrogens is 1. The van der Waals surface area contributed by atoms with E-state index in [1.165, 1.54) is 0 Å². The summed E-state index contributed by atoms with van der Waals surface area (Å²) in [6, 6.07) is 8.50. The topological polar surface area (TPSA) is 25.2 Å². The Kier molecular flexibility index (Phi) is 5.16. The van der Waals surface area contributed by atoms with Crippen molar-refractivity contribution in [1.29, 1.82) is 0 Å². The van der Waals surface area contributed by atoms with Crippen molar-refractivity contribution < 1.29 is 9.18 Å². The first kappa shape index (κ1) is 18.0. The van der Waals surface area contributed by atoms with Crippen LogP contribution < -0.4 is 0 Å². The molecule has 0 N–H and O–H groups in total. The van der Waals surface area contributed by atoms with E-state index in [1.54, 1.807) is 0 Å². The lowest BCUT2D eigenvalue weighted by atomic mass is 9.83. The van der Waals surface area contributed by atoms with Crippen LogP contribution in [0.3, 0.4) is 0 Å². The van der Waals surface area contributed by atoms with E-state index in [0.29, 0.717) is 6.54 Å². The maximum absolute atomic E-state index is 13.4. The van der Waals surface area contributed by atoms with Crippen molar-refractivity contribution in [2.45, 2.75) is 71.5 Å². The summed E-state index contributed by atoms with van der Waals surface area (Å²) in [7, 11) is 0. The number of hydrogen-bond acceptors (Lipinski definition) is 1. The van der Waals surface area contributed by atoms with Crippen LogP contribution in [0.25, 0.3) is 10.9 Å². The third-order valence-corrected chi connectivity index (χ3v) is 5.35.